The number of nitrogens with one attached hydrogen (secondary N) is 1. The average molecular weight is 265 g/mol. The molecule has 0 saturated heterocycles. The highest BCUT2D eigenvalue weighted by molar-refractivity contribution is 6.28. The first-order valence-electron chi connectivity index (χ1n) is 5.42. The minimum absolute atomic E-state index is 0.105. The molecule has 0 aliphatic heterocycles. The number of ether oxygens (including phenoxy) is 1. The number of methoxy groups -OCH3 is 1. The zero-order valence-electron chi connectivity index (χ0n) is 10.1. The molecule has 0 fully saturated rings. The Morgan fingerprint density at radius 3 is 2.83 bits per heavy atom. The van der Waals surface area contributed by atoms with Crippen LogP contribution in [-0.2, 0) is 6.54 Å². The van der Waals surface area contributed by atoms with Gasteiger partial charge < -0.3 is 10.1 Å². The van der Waals surface area contributed by atoms with Gasteiger partial charge in [-0.3, -0.25) is 0 Å². The van der Waals surface area contributed by atoms with Gasteiger partial charge in [0.05, 0.1) is 7.11 Å². The summed E-state index contributed by atoms with van der Waals surface area (Å²) in [5.74, 6) is 0.397. The van der Waals surface area contributed by atoms with E-state index in [-0.39, 0.29) is 11.3 Å². The van der Waals surface area contributed by atoms with E-state index in [0.29, 0.717) is 12.5 Å². The molecule has 94 valence electrons. The normalized spacial score (nSPS) is 10.2. The van der Waals surface area contributed by atoms with Crippen LogP contribution in [0, 0.1) is 6.92 Å². The first-order valence-corrected chi connectivity index (χ1v) is 5.80. The summed E-state index contributed by atoms with van der Waals surface area (Å²) in [5, 5.41) is 3.18. The van der Waals surface area contributed by atoms with E-state index in [9.17, 15) is 0 Å². The van der Waals surface area contributed by atoms with Crippen molar-refractivity contribution in [3.05, 3.63) is 40.7 Å². The molecule has 1 N–H and O–H groups in total. The third-order valence-electron chi connectivity index (χ3n) is 2.30. The lowest BCUT2D eigenvalue weighted by Gasteiger charge is -2.06. The van der Waals surface area contributed by atoms with E-state index in [4.69, 9.17) is 16.3 Å². The van der Waals surface area contributed by atoms with Crippen molar-refractivity contribution in [2.24, 2.45) is 0 Å². The van der Waals surface area contributed by atoms with E-state index in [0.717, 1.165) is 5.56 Å². The number of hydrogen-bond donors (Lipinski definition) is 1. The zero-order chi connectivity index (χ0) is 13.0. The Balaban J connectivity index is 2.08. The highest BCUT2D eigenvalue weighted by Gasteiger charge is 2.04. The summed E-state index contributed by atoms with van der Waals surface area (Å²) in [5.41, 5.74) is 2.35. The summed E-state index contributed by atoms with van der Waals surface area (Å²) >= 11 is 5.75. The number of aryl methyl sites for hydroxylation is 1. The summed E-state index contributed by atoms with van der Waals surface area (Å²) in [6.07, 6.45) is 0. The number of rotatable bonds is 4. The predicted octanol–water partition coefficient (Wildman–Crippen LogP) is 2.45. The summed E-state index contributed by atoms with van der Waals surface area (Å²) in [4.78, 5) is 11.8. The fourth-order valence-corrected chi connectivity index (χ4v) is 1.66. The molecule has 2 aromatic rings. The quantitative estimate of drug-likeness (QED) is 0.919. The van der Waals surface area contributed by atoms with Gasteiger partial charge in [0.15, 0.2) is 0 Å². The molecule has 0 bridgehead atoms. The van der Waals surface area contributed by atoms with E-state index in [1.54, 1.807) is 0 Å². The molecule has 18 heavy (non-hydrogen) atoms. The number of aromatic nitrogens is 3. The minimum Gasteiger partial charge on any atom is -0.467 e. The molecule has 1 aromatic carbocycles. The summed E-state index contributed by atoms with van der Waals surface area (Å²) in [7, 11) is 1.48. The van der Waals surface area contributed by atoms with Crippen LogP contribution < -0.4 is 10.1 Å². The van der Waals surface area contributed by atoms with Crippen molar-refractivity contribution in [3.8, 4) is 6.01 Å². The molecule has 0 aliphatic carbocycles. The SMILES string of the molecule is COc1nc(Cl)nc(NCc2cccc(C)c2)n1. The lowest BCUT2D eigenvalue weighted by molar-refractivity contribution is 0.379. The number of hydrogen-bond acceptors (Lipinski definition) is 5. The number of benzene rings is 1. The molecule has 0 atom stereocenters. The van der Waals surface area contributed by atoms with Gasteiger partial charge in [0.1, 0.15) is 0 Å². The van der Waals surface area contributed by atoms with Crippen molar-refractivity contribution in [2.75, 3.05) is 12.4 Å². The van der Waals surface area contributed by atoms with Crippen molar-refractivity contribution < 1.29 is 4.74 Å². The van der Waals surface area contributed by atoms with Gasteiger partial charge in [-0.1, -0.05) is 29.8 Å². The van der Waals surface area contributed by atoms with Crippen LogP contribution in [0.5, 0.6) is 6.01 Å². The van der Waals surface area contributed by atoms with Crippen molar-refractivity contribution in [3.63, 3.8) is 0 Å². The van der Waals surface area contributed by atoms with Crippen molar-refractivity contribution in [1.29, 1.82) is 0 Å². The summed E-state index contributed by atoms with van der Waals surface area (Å²) in [6, 6.07) is 8.37. The van der Waals surface area contributed by atoms with Crippen LogP contribution in [0.4, 0.5) is 5.95 Å². The van der Waals surface area contributed by atoms with E-state index < -0.39 is 0 Å². The molecular formula is C12H13ClN4O. The molecular weight excluding hydrogens is 252 g/mol. The molecule has 1 heterocycles. The second-order valence-electron chi connectivity index (χ2n) is 3.76. The van der Waals surface area contributed by atoms with Crippen LogP contribution in [0.2, 0.25) is 5.28 Å². The van der Waals surface area contributed by atoms with Gasteiger partial charge in [-0.05, 0) is 24.1 Å². The topological polar surface area (TPSA) is 59.9 Å². The maximum atomic E-state index is 5.75. The van der Waals surface area contributed by atoms with Gasteiger partial charge in [0.2, 0.25) is 11.2 Å². The second kappa shape index (κ2) is 5.64. The highest BCUT2D eigenvalue weighted by Crippen LogP contribution is 2.12. The molecule has 5 nitrogen and oxygen atoms in total. The Morgan fingerprint density at radius 2 is 2.11 bits per heavy atom. The van der Waals surface area contributed by atoms with E-state index in [1.807, 2.05) is 25.1 Å². The van der Waals surface area contributed by atoms with Crippen LogP contribution in [-0.4, -0.2) is 22.1 Å². The Kier molecular flexibility index (Phi) is 3.94. The average Bonchev–Trinajstić information content (AvgIpc) is 2.36. The van der Waals surface area contributed by atoms with Crippen LogP contribution in [0.1, 0.15) is 11.1 Å². The van der Waals surface area contributed by atoms with Crippen molar-refractivity contribution in [1.82, 2.24) is 15.0 Å². The van der Waals surface area contributed by atoms with Crippen LogP contribution in [0.25, 0.3) is 0 Å². The summed E-state index contributed by atoms with van der Waals surface area (Å²) < 4.78 is 4.92. The maximum Gasteiger partial charge on any atom is 0.322 e. The van der Waals surface area contributed by atoms with Gasteiger partial charge in [-0.25, -0.2) is 0 Å². The highest BCUT2D eigenvalue weighted by atomic mass is 35.5. The van der Waals surface area contributed by atoms with Crippen molar-refractivity contribution in [2.45, 2.75) is 13.5 Å². The van der Waals surface area contributed by atoms with Gasteiger partial charge in [0.25, 0.3) is 0 Å². The van der Waals surface area contributed by atoms with Crippen LogP contribution in [0.3, 0.4) is 0 Å². The van der Waals surface area contributed by atoms with Gasteiger partial charge >= 0.3 is 6.01 Å². The molecule has 0 saturated carbocycles. The Bertz CT molecular complexity index is 547. The van der Waals surface area contributed by atoms with E-state index >= 15 is 0 Å². The number of nitrogens with zero attached hydrogens (tertiary/aromatic N) is 3. The Morgan fingerprint density at radius 1 is 1.28 bits per heavy atom. The maximum absolute atomic E-state index is 5.75. The Hall–Kier alpha value is -1.88. The largest absolute Gasteiger partial charge is 0.467 e. The molecule has 0 spiro atoms. The van der Waals surface area contributed by atoms with Crippen LogP contribution in [0.15, 0.2) is 24.3 Å². The van der Waals surface area contributed by atoms with E-state index in [2.05, 4.69) is 26.3 Å². The smallest absolute Gasteiger partial charge is 0.322 e. The number of anilines is 1. The predicted molar refractivity (Wildman–Crippen MR) is 69.9 cm³/mol. The summed E-state index contributed by atoms with van der Waals surface area (Å²) in [6.45, 7) is 2.66. The molecule has 2 rings (SSSR count). The van der Waals surface area contributed by atoms with Crippen LogP contribution >= 0.6 is 11.6 Å². The fourth-order valence-electron chi connectivity index (χ4n) is 1.51. The standard InChI is InChI=1S/C12H13ClN4O/c1-8-4-3-5-9(6-8)7-14-11-15-10(13)16-12(17-11)18-2/h3-6H,7H2,1-2H3,(H,14,15,16,17). The minimum atomic E-state index is 0.105. The molecule has 0 unspecified atom stereocenters. The second-order valence-corrected chi connectivity index (χ2v) is 4.10. The molecule has 1 aromatic heterocycles. The van der Waals surface area contributed by atoms with Gasteiger partial charge in [0, 0.05) is 6.54 Å². The van der Waals surface area contributed by atoms with Crippen molar-refractivity contribution >= 4 is 17.5 Å². The molecule has 0 amide bonds. The lowest BCUT2D eigenvalue weighted by Crippen LogP contribution is -2.06. The molecule has 0 aliphatic rings. The first-order chi connectivity index (χ1) is 8.67. The molecule has 0 radical (unpaired) electrons. The number of halogens is 1. The third-order valence-corrected chi connectivity index (χ3v) is 2.47. The lowest BCUT2D eigenvalue weighted by atomic mass is 10.1. The third kappa shape index (κ3) is 3.30. The zero-order valence-corrected chi connectivity index (χ0v) is 10.9. The first kappa shape index (κ1) is 12.6. The fraction of sp³-hybridized carbons (Fsp3) is 0.250. The van der Waals surface area contributed by atoms with Gasteiger partial charge in [-0.2, -0.15) is 15.0 Å². The Labute approximate surface area is 110 Å². The van der Waals surface area contributed by atoms with Gasteiger partial charge in [-0.15, -0.1) is 0 Å². The molecule has 6 heteroatoms. The van der Waals surface area contributed by atoms with E-state index in [1.165, 1.54) is 12.7 Å². The monoisotopic (exact) mass is 264 g/mol.